The van der Waals surface area contributed by atoms with Crippen LogP contribution in [-0.4, -0.2) is 22.6 Å². The van der Waals surface area contributed by atoms with E-state index in [9.17, 15) is 10.1 Å². The van der Waals surface area contributed by atoms with Crippen LogP contribution in [0.1, 0.15) is 16.1 Å². The minimum absolute atomic E-state index is 0.104. The van der Waals surface area contributed by atoms with E-state index in [1.54, 1.807) is 10.8 Å². The number of methoxy groups -OCH3 is 1. The van der Waals surface area contributed by atoms with Gasteiger partial charge in [-0.1, -0.05) is 30.3 Å². The fourth-order valence-electron chi connectivity index (χ4n) is 3.18. The Morgan fingerprint density at radius 3 is 2.75 bits per heavy atom. The molecule has 2 aromatic carbocycles. The predicted octanol–water partition coefficient (Wildman–Crippen LogP) is 3.93. The van der Waals surface area contributed by atoms with Gasteiger partial charge in [0.2, 0.25) is 0 Å². The van der Waals surface area contributed by atoms with Crippen LogP contribution in [0.5, 0.6) is 0 Å². The topological polar surface area (TPSA) is 93.9 Å². The third-order valence-electron chi connectivity index (χ3n) is 4.59. The number of aromatic nitrogens is 2. The van der Waals surface area contributed by atoms with Crippen LogP contribution >= 0.6 is 0 Å². The van der Waals surface area contributed by atoms with Crippen molar-refractivity contribution in [1.82, 2.24) is 9.55 Å². The van der Waals surface area contributed by atoms with Crippen molar-refractivity contribution in [1.29, 1.82) is 5.26 Å². The number of benzene rings is 2. The number of rotatable bonds is 3. The number of nitrogens with zero attached hydrogens (tertiary/aromatic N) is 3. The van der Waals surface area contributed by atoms with Gasteiger partial charge in [-0.3, -0.25) is 4.98 Å². The fourth-order valence-corrected chi connectivity index (χ4v) is 3.18. The summed E-state index contributed by atoms with van der Waals surface area (Å²) in [6, 6.07) is 19.6. The summed E-state index contributed by atoms with van der Waals surface area (Å²) in [6.07, 6.45) is 3.35. The first-order valence-electron chi connectivity index (χ1n) is 8.57. The lowest BCUT2D eigenvalue weighted by atomic mass is 10.0. The highest BCUT2D eigenvalue weighted by Gasteiger charge is 2.21. The van der Waals surface area contributed by atoms with Gasteiger partial charge in [0.1, 0.15) is 6.07 Å². The average molecular weight is 368 g/mol. The molecule has 4 aromatic rings. The summed E-state index contributed by atoms with van der Waals surface area (Å²) in [4.78, 5) is 16.7. The third kappa shape index (κ3) is 2.85. The first-order valence-corrected chi connectivity index (χ1v) is 8.57. The molecule has 0 amide bonds. The summed E-state index contributed by atoms with van der Waals surface area (Å²) in [6.45, 7) is 0. The number of carbonyl (C=O) groups excluding carboxylic acids is 1. The van der Waals surface area contributed by atoms with Gasteiger partial charge in [-0.15, -0.1) is 0 Å². The number of hydrogen-bond donors (Lipinski definition) is 1. The molecule has 0 fully saturated rings. The van der Waals surface area contributed by atoms with Crippen molar-refractivity contribution in [2.45, 2.75) is 0 Å². The van der Waals surface area contributed by atoms with Gasteiger partial charge in [-0.25, -0.2) is 4.79 Å². The van der Waals surface area contributed by atoms with Crippen LogP contribution in [0.15, 0.2) is 67.0 Å². The maximum Gasteiger partial charge on any atom is 0.357 e. The normalized spacial score (nSPS) is 10.6. The lowest BCUT2D eigenvalue weighted by Crippen LogP contribution is -2.11. The number of fused-ring (bicyclic) bond motifs is 1. The number of ether oxygens (including phenoxy) is 1. The quantitative estimate of drug-likeness (QED) is 0.553. The van der Waals surface area contributed by atoms with Crippen molar-refractivity contribution >= 4 is 22.6 Å². The molecule has 6 heteroatoms. The Kier molecular flexibility index (Phi) is 4.26. The second-order valence-corrected chi connectivity index (χ2v) is 6.25. The van der Waals surface area contributed by atoms with Crippen LogP contribution in [0.3, 0.4) is 0 Å². The molecule has 2 heterocycles. The summed E-state index contributed by atoms with van der Waals surface area (Å²) in [5, 5.41) is 10.3. The van der Waals surface area contributed by atoms with E-state index >= 15 is 0 Å². The minimum Gasteiger partial charge on any atom is -0.464 e. The van der Waals surface area contributed by atoms with Crippen LogP contribution in [0, 0.1) is 11.3 Å². The van der Waals surface area contributed by atoms with Crippen LogP contribution in [0.4, 0.5) is 5.69 Å². The molecular formula is C22H16N4O2. The van der Waals surface area contributed by atoms with E-state index < -0.39 is 5.97 Å². The van der Waals surface area contributed by atoms with Crippen molar-refractivity contribution in [3.05, 3.63) is 78.2 Å². The molecule has 2 N–H and O–H groups in total. The molecule has 0 aliphatic carbocycles. The number of pyridine rings is 1. The summed E-state index contributed by atoms with van der Waals surface area (Å²) >= 11 is 0. The zero-order valence-electron chi connectivity index (χ0n) is 15.1. The van der Waals surface area contributed by atoms with Crippen LogP contribution < -0.4 is 5.73 Å². The van der Waals surface area contributed by atoms with Crippen LogP contribution in [0.2, 0.25) is 0 Å². The Morgan fingerprint density at radius 1 is 1.14 bits per heavy atom. The first kappa shape index (κ1) is 17.3. The van der Waals surface area contributed by atoms with Crippen molar-refractivity contribution in [3.63, 3.8) is 0 Å². The molecule has 28 heavy (non-hydrogen) atoms. The Morgan fingerprint density at radius 2 is 1.96 bits per heavy atom. The highest BCUT2D eigenvalue weighted by molar-refractivity contribution is 5.96. The largest absolute Gasteiger partial charge is 0.464 e. The Hall–Kier alpha value is -4.11. The molecule has 4 rings (SSSR count). The number of anilines is 1. The molecule has 0 aliphatic heterocycles. The molecule has 0 spiro atoms. The fraction of sp³-hybridized carbons (Fsp3) is 0.0455. The lowest BCUT2D eigenvalue weighted by Gasteiger charge is -2.10. The molecule has 0 saturated heterocycles. The second kappa shape index (κ2) is 6.89. The van der Waals surface area contributed by atoms with Crippen molar-refractivity contribution in [3.8, 4) is 22.9 Å². The monoisotopic (exact) mass is 368 g/mol. The van der Waals surface area contributed by atoms with Crippen molar-refractivity contribution < 1.29 is 9.53 Å². The smallest absolute Gasteiger partial charge is 0.357 e. The SMILES string of the molecule is COC(=O)c1c(N)c(C#N)cn1-c1cccc(-c2cnc3ccccc3c2)c1. The van der Waals surface area contributed by atoms with Crippen LogP contribution in [-0.2, 0) is 4.74 Å². The third-order valence-corrected chi connectivity index (χ3v) is 4.59. The average Bonchev–Trinajstić information content (AvgIpc) is 3.09. The molecule has 0 saturated carbocycles. The molecule has 0 bridgehead atoms. The van der Waals surface area contributed by atoms with Gasteiger partial charge in [0.25, 0.3) is 0 Å². The standard InChI is InChI=1S/C22H16N4O2/c1-28-22(27)21-20(24)17(11-23)13-26(21)18-7-4-6-14(10-18)16-9-15-5-2-3-8-19(15)25-12-16/h2-10,12-13H,24H2,1H3. The summed E-state index contributed by atoms with van der Waals surface area (Å²) in [5.74, 6) is -0.600. The van der Waals surface area contributed by atoms with E-state index in [1.807, 2.05) is 60.8 Å². The van der Waals surface area contributed by atoms with Gasteiger partial charge in [0.15, 0.2) is 5.69 Å². The number of nitrogen functional groups attached to an aromatic ring is 1. The number of nitrogens with two attached hydrogens (primary N) is 1. The summed E-state index contributed by atoms with van der Waals surface area (Å²) in [5.41, 5.74) is 9.93. The molecule has 136 valence electrons. The first-order chi connectivity index (χ1) is 13.6. The maximum absolute atomic E-state index is 12.2. The van der Waals surface area contributed by atoms with Gasteiger partial charge < -0.3 is 15.0 Å². The Balaban J connectivity index is 1.85. The van der Waals surface area contributed by atoms with E-state index in [-0.39, 0.29) is 16.9 Å². The second-order valence-electron chi connectivity index (χ2n) is 6.25. The molecular weight excluding hydrogens is 352 g/mol. The van der Waals surface area contributed by atoms with E-state index in [4.69, 9.17) is 10.5 Å². The number of hydrogen-bond acceptors (Lipinski definition) is 5. The molecule has 6 nitrogen and oxygen atoms in total. The zero-order valence-corrected chi connectivity index (χ0v) is 15.1. The molecule has 2 aromatic heterocycles. The highest BCUT2D eigenvalue weighted by atomic mass is 16.5. The van der Waals surface area contributed by atoms with Crippen molar-refractivity contribution in [2.75, 3.05) is 12.8 Å². The molecule has 0 radical (unpaired) electrons. The van der Waals surface area contributed by atoms with Crippen molar-refractivity contribution in [2.24, 2.45) is 0 Å². The number of nitriles is 1. The maximum atomic E-state index is 12.2. The van der Waals surface area contributed by atoms with Gasteiger partial charge in [-0.2, -0.15) is 5.26 Å². The van der Waals surface area contributed by atoms with Crippen LogP contribution in [0.25, 0.3) is 27.7 Å². The van der Waals surface area contributed by atoms with Gasteiger partial charge in [0, 0.05) is 29.0 Å². The van der Waals surface area contributed by atoms with Gasteiger partial charge >= 0.3 is 5.97 Å². The Bertz CT molecular complexity index is 1250. The predicted molar refractivity (Wildman–Crippen MR) is 107 cm³/mol. The zero-order chi connectivity index (χ0) is 19.7. The number of para-hydroxylation sites is 1. The minimum atomic E-state index is -0.600. The van der Waals surface area contributed by atoms with E-state index in [2.05, 4.69) is 11.1 Å². The Labute approximate surface area is 161 Å². The number of carbonyl (C=O) groups is 1. The lowest BCUT2D eigenvalue weighted by molar-refractivity contribution is 0.0593. The highest BCUT2D eigenvalue weighted by Crippen LogP contribution is 2.28. The van der Waals surface area contributed by atoms with Gasteiger partial charge in [0.05, 0.1) is 23.9 Å². The van der Waals surface area contributed by atoms with E-state index in [0.717, 1.165) is 22.0 Å². The molecule has 0 unspecified atom stereocenters. The summed E-state index contributed by atoms with van der Waals surface area (Å²) in [7, 11) is 1.28. The van der Waals surface area contributed by atoms with Gasteiger partial charge in [-0.05, 0) is 29.8 Å². The van der Waals surface area contributed by atoms with E-state index in [0.29, 0.717) is 5.69 Å². The molecule has 0 aliphatic rings. The van der Waals surface area contributed by atoms with E-state index in [1.165, 1.54) is 7.11 Å². The summed E-state index contributed by atoms with van der Waals surface area (Å²) < 4.78 is 6.42. The number of esters is 1. The molecule has 0 atom stereocenters.